The predicted molar refractivity (Wildman–Crippen MR) is 579 cm³/mol. The molecule has 18 heteroatoms. The summed E-state index contributed by atoms with van der Waals surface area (Å²) >= 11 is 0. The molecule has 0 radical (unpaired) electrons. The third-order valence-corrected chi connectivity index (χ3v) is 33.3. The lowest BCUT2D eigenvalue weighted by Crippen LogP contribution is -2.32. The summed E-state index contributed by atoms with van der Waals surface area (Å²) in [6, 6.07) is 129. The Morgan fingerprint density at radius 2 is 0.521 bits per heavy atom. The zero-order valence-electron chi connectivity index (χ0n) is 85.4. The lowest BCUT2D eigenvalue weighted by atomic mass is 9.90. The van der Waals surface area contributed by atoms with Gasteiger partial charge in [-0.25, -0.2) is 9.59 Å². The van der Waals surface area contributed by atoms with Crippen LogP contribution in [0, 0.1) is 23.7 Å². The molecule has 4 unspecified atom stereocenters. The molecule has 0 saturated heterocycles. The number of esters is 6. The summed E-state index contributed by atoms with van der Waals surface area (Å²) in [4.78, 5) is 86.1. The maximum Gasteiger partial charge on any atom is 0.335 e. The molecule has 0 aliphatic heterocycles. The maximum absolute atomic E-state index is 12.0. The van der Waals surface area contributed by atoms with Crippen molar-refractivity contribution in [2.45, 2.75) is 305 Å². The normalized spacial score (nSPS) is 14.5. The van der Waals surface area contributed by atoms with Gasteiger partial charge in [-0.3, -0.25) is 19.2 Å². The lowest BCUT2D eigenvalue weighted by molar-refractivity contribution is -0.169. The van der Waals surface area contributed by atoms with Gasteiger partial charge in [-0.05, 0) is 302 Å². The summed E-state index contributed by atoms with van der Waals surface area (Å²) in [7, 11) is 2.73. The van der Waals surface area contributed by atoms with E-state index in [9.17, 15) is 28.8 Å². The minimum Gasteiger partial charge on any atom is -0.467 e. The van der Waals surface area contributed by atoms with Crippen LogP contribution in [-0.2, 0) is 110 Å². The molecule has 14 nitrogen and oxygen atoms in total. The molecule has 4 aliphatic rings. The Balaban J connectivity index is 0.000000182. The van der Waals surface area contributed by atoms with E-state index in [0.717, 1.165) is 96.3 Å². The second-order valence-electron chi connectivity index (χ2n) is 36.6. The van der Waals surface area contributed by atoms with Crippen molar-refractivity contribution in [3.05, 3.63) is 364 Å². The van der Waals surface area contributed by atoms with Gasteiger partial charge in [-0.2, -0.15) is 0 Å². The Morgan fingerprint density at radius 1 is 0.296 bits per heavy atom. The van der Waals surface area contributed by atoms with Crippen molar-refractivity contribution < 1.29 is 66.7 Å². The third-order valence-electron chi connectivity index (χ3n) is 24.4. The zero-order valence-corrected chi connectivity index (χ0v) is 88.6. The molecule has 142 heavy (non-hydrogen) atoms. The van der Waals surface area contributed by atoms with Gasteiger partial charge in [-0.1, -0.05) is 284 Å². The van der Waals surface area contributed by atoms with Gasteiger partial charge >= 0.3 is 35.8 Å². The number of rotatable bonds is 31. The van der Waals surface area contributed by atoms with E-state index < -0.39 is 53.5 Å². The number of carbonyl (C=O) groups is 6. The first-order valence-electron chi connectivity index (χ1n) is 51.0. The number of ether oxygens (including phenoxy) is 8. The van der Waals surface area contributed by atoms with E-state index in [1.165, 1.54) is 124 Å². The van der Waals surface area contributed by atoms with Crippen molar-refractivity contribution in [2.75, 3.05) is 27.4 Å². The largest absolute Gasteiger partial charge is 0.467 e. The zero-order chi connectivity index (χ0) is 101. The molecule has 12 aromatic carbocycles. The minimum absolute atomic E-state index is 0.00109. The standard InChI is InChI=1S/4C18H15S.2C16H26O4.C15H30O3.C5H10O3/c4*1-4-10-16(11-5-1)19(17-12-6-2-7-13-17)18-14-8-3-9-15-18;1-12(15(17)19-13-8-4-2-5-9-13)16(18)20-14-10-6-3-7-11-14;1-12(16(18)20-14-9-5-6-10-14)15(17)19-11-13-7-3-2-4-8-13;1-7-9-10-13(8-2)11-17-12(3)14(16)18-15(4,5)6;1-4(7-2)5(6)8-3/h4*1-15H;2*12-14H,2-11H2,1H3;12-13H,7-11H2,1-6H3;4H,1-3H3/q4*+1;;;;. The number of unbranched alkanes of at least 4 members (excludes halogenated alkanes) is 1. The van der Waals surface area contributed by atoms with Crippen molar-refractivity contribution in [2.24, 2.45) is 23.7 Å². The van der Waals surface area contributed by atoms with Crippen molar-refractivity contribution in [3.63, 3.8) is 0 Å². The van der Waals surface area contributed by atoms with Crippen molar-refractivity contribution in [1.82, 2.24) is 0 Å². The molecular formula is C124H152O14S4+4. The van der Waals surface area contributed by atoms with Crippen molar-refractivity contribution in [1.29, 1.82) is 0 Å². The van der Waals surface area contributed by atoms with Crippen LogP contribution >= 0.6 is 0 Å². The van der Waals surface area contributed by atoms with Gasteiger partial charge in [0.2, 0.25) is 0 Å². The highest BCUT2D eigenvalue weighted by molar-refractivity contribution is 7.98. The second kappa shape index (κ2) is 65.9. The molecule has 4 aliphatic carbocycles. The molecular weight excluding hydrogens is 1840 g/mol. The Labute approximate surface area is 859 Å². The predicted octanol–water partition coefficient (Wildman–Crippen LogP) is 29.9. The number of methoxy groups -OCH3 is 2. The molecule has 4 fully saturated rings. The van der Waals surface area contributed by atoms with Crippen LogP contribution in [0.4, 0.5) is 0 Å². The van der Waals surface area contributed by atoms with E-state index in [1.807, 2.05) is 20.8 Å². The summed E-state index contributed by atoms with van der Waals surface area (Å²) in [5.41, 5.74) is -0.443. The number of hydrogen-bond donors (Lipinski definition) is 0. The van der Waals surface area contributed by atoms with Crippen LogP contribution < -0.4 is 0 Å². The summed E-state index contributed by atoms with van der Waals surface area (Å²) in [6.45, 7) is 17.6. The van der Waals surface area contributed by atoms with Gasteiger partial charge < -0.3 is 37.9 Å². The second-order valence-corrected chi connectivity index (χ2v) is 44.7. The van der Waals surface area contributed by atoms with Gasteiger partial charge in [0, 0.05) is 7.11 Å². The fraction of sp³-hybridized carbons (Fsp3) is 0.371. The average Bonchev–Trinajstić information content (AvgIpc) is 1.09. The summed E-state index contributed by atoms with van der Waals surface area (Å²) in [5.74, 6) is -2.86. The van der Waals surface area contributed by atoms with Crippen LogP contribution in [0.2, 0.25) is 0 Å². The van der Waals surface area contributed by atoms with E-state index in [0.29, 0.717) is 25.0 Å². The number of hydrogen-bond acceptors (Lipinski definition) is 14. The molecule has 0 heterocycles. The molecule has 0 amide bonds. The highest BCUT2D eigenvalue weighted by Crippen LogP contribution is 2.37. The molecule has 0 spiro atoms. The molecule has 12 aromatic rings. The molecule has 4 atom stereocenters. The fourth-order valence-electron chi connectivity index (χ4n) is 16.2. The average molecular weight is 1990 g/mol. The number of carbonyl (C=O) groups excluding carboxylic acids is 6. The van der Waals surface area contributed by atoms with Gasteiger partial charge in [0.25, 0.3) is 0 Å². The fourth-order valence-corrected chi connectivity index (χ4v) is 24.7. The topological polar surface area (TPSA) is 176 Å². The van der Waals surface area contributed by atoms with Crippen LogP contribution in [-0.4, -0.2) is 99.4 Å². The highest BCUT2D eigenvalue weighted by atomic mass is 32.2. The highest BCUT2D eigenvalue weighted by Gasteiger charge is 2.36. The molecule has 4 saturated carbocycles. The Morgan fingerprint density at radius 3 is 0.725 bits per heavy atom. The maximum atomic E-state index is 12.0. The van der Waals surface area contributed by atoms with E-state index in [1.54, 1.807) is 27.7 Å². The summed E-state index contributed by atoms with van der Waals surface area (Å²) < 4.78 is 41.4. The van der Waals surface area contributed by atoms with Crippen LogP contribution in [0.15, 0.2) is 423 Å². The lowest BCUT2D eigenvalue weighted by Gasteiger charge is -2.25. The van der Waals surface area contributed by atoms with Gasteiger partial charge in [0.15, 0.2) is 82.8 Å². The molecule has 0 aromatic heterocycles. The Kier molecular flexibility index (Phi) is 53.0. The SMILES string of the molecule is CC(C(=O)OC1CCCCC1)C(=O)OC1CCCCC1.CC(C(=O)OCC1CCCCC1)C(=O)OC1CCCC1.CCCCC(CC)COC(C)C(=O)OC(C)(C)C.COC(=O)C(C)OC.c1ccc([S+](c2ccccc2)c2ccccc2)cc1.c1ccc([S+](c2ccccc2)c2ccccc2)cc1.c1ccc([S+](c2ccccc2)c2ccccc2)cc1.c1ccc([S+](c2ccccc2)c2ccccc2)cc1. The minimum atomic E-state index is -0.793. The molecule has 16 rings (SSSR count). The van der Waals surface area contributed by atoms with Crippen molar-refractivity contribution >= 4 is 79.4 Å². The van der Waals surface area contributed by atoms with Crippen LogP contribution in [0.1, 0.15) is 210 Å². The van der Waals surface area contributed by atoms with Crippen LogP contribution in [0.5, 0.6) is 0 Å². The Hall–Kier alpha value is -11.2. The van der Waals surface area contributed by atoms with Crippen molar-refractivity contribution in [3.8, 4) is 0 Å². The van der Waals surface area contributed by atoms with Gasteiger partial charge in [0.1, 0.15) is 23.9 Å². The first kappa shape index (κ1) is 114. The van der Waals surface area contributed by atoms with E-state index in [-0.39, 0.29) is 73.8 Å². The molecule has 0 bridgehead atoms. The molecule has 752 valence electrons. The molecule has 0 N–H and O–H groups in total. The van der Waals surface area contributed by atoms with Crippen LogP contribution in [0.25, 0.3) is 0 Å². The smallest absolute Gasteiger partial charge is 0.335 e. The van der Waals surface area contributed by atoms with E-state index in [4.69, 9.17) is 28.4 Å². The number of benzene rings is 12. The van der Waals surface area contributed by atoms with Gasteiger partial charge in [0.05, 0.1) is 63.9 Å². The summed E-state index contributed by atoms with van der Waals surface area (Å²) in [6.07, 6.45) is 24.4. The third kappa shape index (κ3) is 41.6. The monoisotopic (exact) mass is 1990 g/mol. The quantitative estimate of drug-likeness (QED) is 0.0174. The van der Waals surface area contributed by atoms with E-state index >= 15 is 0 Å². The van der Waals surface area contributed by atoms with Crippen LogP contribution in [0.3, 0.4) is 0 Å². The Bertz CT molecular complexity index is 4510. The van der Waals surface area contributed by atoms with Gasteiger partial charge in [-0.15, -0.1) is 0 Å². The first-order chi connectivity index (χ1) is 69.1. The van der Waals surface area contributed by atoms with E-state index in [2.05, 4.69) is 387 Å². The summed E-state index contributed by atoms with van der Waals surface area (Å²) in [5, 5.41) is 0. The first-order valence-corrected chi connectivity index (χ1v) is 55.9.